The molecular formula is C17H18BrNO2S. The summed E-state index contributed by atoms with van der Waals surface area (Å²) in [6, 6.07) is 15.6. The van der Waals surface area contributed by atoms with Gasteiger partial charge >= 0.3 is 0 Å². The van der Waals surface area contributed by atoms with Gasteiger partial charge in [-0.05, 0) is 42.8 Å². The Hall–Kier alpha value is -1.46. The number of hydrogen-bond acceptors (Lipinski definition) is 3. The van der Waals surface area contributed by atoms with Crippen LogP contribution in [0.2, 0.25) is 0 Å². The molecule has 2 aromatic carbocycles. The minimum atomic E-state index is 0.0176. The second-order valence-electron chi connectivity index (χ2n) is 4.71. The first-order valence-corrected chi connectivity index (χ1v) is 8.76. The van der Waals surface area contributed by atoms with Crippen LogP contribution >= 0.6 is 27.7 Å². The number of carbonyl (C=O) groups is 1. The van der Waals surface area contributed by atoms with Gasteiger partial charge in [0.15, 0.2) is 0 Å². The Balaban J connectivity index is 1.65. The van der Waals surface area contributed by atoms with Crippen LogP contribution in [0, 0.1) is 6.92 Å². The number of benzene rings is 2. The molecule has 0 saturated carbocycles. The predicted octanol–water partition coefficient (Wildman–Crippen LogP) is 4.04. The zero-order valence-corrected chi connectivity index (χ0v) is 14.7. The van der Waals surface area contributed by atoms with Gasteiger partial charge in [0.1, 0.15) is 12.4 Å². The topological polar surface area (TPSA) is 38.3 Å². The summed E-state index contributed by atoms with van der Waals surface area (Å²) in [5.41, 5.74) is 1.17. The van der Waals surface area contributed by atoms with E-state index in [9.17, 15) is 4.79 Å². The number of ether oxygens (including phenoxy) is 1. The van der Waals surface area contributed by atoms with Crippen LogP contribution in [-0.2, 0) is 4.79 Å². The van der Waals surface area contributed by atoms with Crippen molar-refractivity contribution < 1.29 is 9.53 Å². The smallest absolute Gasteiger partial charge is 0.230 e. The summed E-state index contributed by atoms with van der Waals surface area (Å²) >= 11 is 4.98. The predicted molar refractivity (Wildman–Crippen MR) is 94.5 cm³/mol. The van der Waals surface area contributed by atoms with Gasteiger partial charge in [-0.15, -0.1) is 11.8 Å². The highest BCUT2D eigenvalue weighted by atomic mass is 79.9. The van der Waals surface area contributed by atoms with E-state index in [1.165, 1.54) is 5.56 Å². The van der Waals surface area contributed by atoms with E-state index in [0.29, 0.717) is 18.9 Å². The van der Waals surface area contributed by atoms with Gasteiger partial charge in [-0.25, -0.2) is 0 Å². The SMILES string of the molecule is Cc1cc(Br)ccc1SCC(=O)NCCOc1ccccc1. The molecule has 0 radical (unpaired) electrons. The van der Waals surface area contributed by atoms with Crippen LogP contribution in [0.5, 0.6) is 5.75 Å². The van der Waals surface area contributed by atoms with Crippen LogP contribution in [0.15, 0.2) is 57.9 Å². The minimum Gasteiger partial charge on any atom is -0.492 e. The molecule has 22 heavy (non-hydrogen) atoms. The summed E-state index contributed by atoms with van der Waals surface area (Å²) in [5.74, 6) is 1.24. The molecule has 2 rings (SSSR count). The summed E-state index contributed by atoms with van der Waals surface area (Å²) in [5, 5.41) is 2.86. The van der Waals surface area contributed by atoms with Crippen molar-refractivity contribution in [3.8, 4) is 5.75 Å². The average molecular weight is 380 g/mol. The van der Waals surface area contributed by atoms with Crippen LogP contribution in [0.3, 0.4) is 0 Å². The number of amides is 1. The third-order valence-electron chi connectivity index (χ3n) is 2.93. The molecule has 0 aromatic heterocycles. The van der Waals surface area contributed by atoms with Gasteiger partial charge < -0.3 is 10.1 Å². The minimum absolute atomic E-state index is 0.0176. The molecule has 3 nitrogen and oxygen atoms in total. The molecule has 0 aliphatic heterocycles. The lowest BCUT2D eigenvalue weighted by molar-refractivity contribution is -0.118. The quantitative estimate of drug-likeness (QED) is 0.582. The Kier molecular flexibility index (Phi) is 6.80. The first kappa shape index (κ1) is 16.9. The number of rotatable bonds is 7. The molecule has 1 amide bonds. The monoisotopic (exact) mass is 379 g/mol. The number of aryl methyl sites for hydroxylation is 1. The lowest BCUT2D eigenvalue weighted by Crippen LogP contribution is -2.29. The fourth-order valence-electron chi connectivity index (χ4n) is 1.85. The molecule has 2 aromatic rings. The van der Waals surface area contributed by atoms with E-state index < -0.39 is 0 Å². The van der Waals surface area contributed by atoms with Gasteiger partial charge in [0, 0.05) is 9.37 Å². The molecule has 0 saturated heterocycles. The van der Waals surface area contributed by atoms with Crippen LogP contribution < -0.4 is 10.1 Å². The van der Waals surface area contributed by atoms with Crippen molar-refractivity contribution >= 4 is 33.6 Å². The van der Waals surface area contributed by atoms with Crippen molar-refractivity contribution in [2.24, 2.45) is 0 Å². The Morgan fingerprint density at radius 1 is 1.23 bits per heavy atom. The zero-order valence-electron chi connectivity index (χ0n) is 12.3. The second-order valence-corrected chi connectivity index (χ2v) is 6.64. The highest BCUT2D eigenvalue weighted by Gasteiger charge is 2.05. The van der Waals surface area contributed by atoms with Crippen molar-refractivity contribution in [2.45, 2.75) is 11.8 Å². The standard InChI is InChI=1S/C17H18BrNO2S/c1-13-11-14(18)7-8-16(13)22-12-17(20)19-9-10-21-15-5-3-2-4-6-15/h2-8,11H,9-10,12H2,1H3,(H,19,20). The largest absolute Gasteiger partial charge is 0.492 e. The number of carbonyl (C=O) groups excluding carboxylic acids is 1. The summed E-state index contributed by atoms with van der Waals surface area (Å²) in [6.45, 7) is 3.02. The summed E-state index contributed by atoms with van der Waals surface area (Å²) in [4.78, 5) is 12.9. The molecule has 0 fully saturated rings. The van der Waals surface area contributed by atoms with E-state index in [1.54, 1.807) is 11.8 Å². The van der Waals surface area contributed by atoms with E-state index in [2.05, 4.69) is 21.2 Å². The average Bonchev–Trinajstić information content (AvgIpc) is 2.52. The van der Waals surface area contributed by atoms with Crippen molar-refractivity contribution in [3.63, 3.8) is 0 Å². The number of thioether (sulfide) groups is 1. The Morgan fingerprint density at radius 2 is 2.00 bits per heavy atom. The first-order valence-electron chi connectivity index (χ1n) is 6.98. The van der Waals surface area contributed by atoms with Crippen molar-refractivity contribution in [3.05, 3.63) is 58.6 Å². The molecule has 0 atom stereocenters. The molecule has 0 bridgehead atoms. The van der Waals surface area contributed by atoms with Crippen molar-refractivity contribution in [1.29, 1.82) is 0 Å². The van der Waals surface area contributed by atoms with Gasteiger partial charge in [0.25, 0.3) is 0 Å². The van der Waals surface area contributed by atoms with Crippen LogP contribution in [0.25, 0.3) is 0 Å². The molecule has 0 heterocycles. The maximum atomic E-state index is 11.8. The van der Waals surface area contributed by atoms with Gasteiger partial charge in [-0.1, -0.05) is 34.1 Å². The molecular weight excluding hydrogens is 362 g/mol. The van der Waals surface area contributed by atoms with Gasteiger partial charge in [-0.2, -0.15) is 0 Å². The first-order chi connectivity index (χ1) is 10.6. The van der Waals surface area contributed by atoms with Crippen LogP contribution in [0.4, 0.5) is 0 Å². The van der Waals surface area contributed by atoms with Crippen LogP contribution in [-0.4, -0.2) is 24.8 Å². The second kappa shape index (κ2) is 8.86. The fraction of sp³-hybridized carbons (Fsp3) is 0.235. The van der Waals surface area contributed by atoms with Gasteiger partial charge in [-0.3, -0.25) is 4.79 Å². The molecule has 0 unspecified atom stereocenters. The zero-order chi connectivity index (χ0) is 15.8. The van der Waals surface area contributed by atoms with E-state index in [-0.39, 0.29) is 5.91 Å². The Bertz CT molecular complexity index is 619. The number of para-hydroxylation sites is 1. The molecule has 116 valence electrons. The molecule has 0 aliphatic rings. The molecule has 0 spiro atoms. The Morgan fingerprint density at radius 3 is 2.73 bits per heavy atom. The number of hydrogen-bond donors (Lipinski definition) is 1. The van der Waals surface area contributed by atoms with Crippen molar-refractivity contribution in [2.75, 3.05) is 18.9 Å². The lowest BCUT2D eigenvalue weighted by Gasteiger charge is -2.08. The molecule has 5 heteroatoms. The van der Waals surface area contributed by atoms with E-state index in [0.717, 1.165) is 15.1 Å². The maximum Gasteiger partial charge on any atom is 0.230 e. The Labute approximate surface area is 143 Å². The van der Waals surface area contributed by atoms with E-state index >= 15 is 0 Å². The summed E-state index contributed by atoms with van der Waals surface area (Å²) < 4.78 is 6.58. The number of nitrogens with one attached hydrogen (secondary N) is 1. The third-order valence-corrected chi connectivity index (χ3v) is 4.60. The van der Waals surface area contributed by atoms with E-state index in [1.807, 2.05) is 55.5 Å². The lowest BCUT2D eigenvalue weighted by atomic mass is 10.2. The van der Waals surface area contributed by atoms with Crippen molar-refractivity contribution in [1.82, 2.24) is 5.32 Å². The van der Waals surface area contributed by atoms with E-state index in [4.69, 9.17) is 4.74 Å². The van der Waals surface area contributed by atoms with Gasteiger partial charge in [0.05, 0.1) is 12.3 Å². The highest BCUT2D eigenvalue weighted by molar-refractivity contribution is 9.10. The van der Waals surface area contributed by atoms with Crippen LogP contribution in [0.1, 0.15) is 5.56 Å². The normalized spacial score (nSPS) is 10.3. The number of halogens is 1. The summed E-state index contributed by atoms with van der Waals surface area (Å²) in [6.07, 6.45) is 0. The molecule has 1 N–H and O–H groups in total. The third kappa shape index (κ3) is 5.73. The summed E-state index contributed by atoms with van der Waals surface area (Å²) in [7, 11) is 0. The molecule has 0 aliphatic carbocycles. The highest BCUT2D eigenvalue weighted by Crippen LogP contribution is 2.24. The van der Waals surface area contributed by atoms with Gasteiger partial charge in [0.2, 0.25) is 5.91 Å². The fourth-order valence-corrected chi connectivity index (χ4v) is 3.16. The maximum absolute atomic E-state index is 11.8.